The largest absolute Gasteiger partial charge is 0.395 e. The minimum absolute atomic E-state index is 0.0567. The third kappa shape index (κ3) is 9.92. The number of hydrogen-bond acceptors (Lipinski definition) is 5. The highest BCUT2D eigenvalue weighted by molar-refractivity contribution is 14.1. The van der Waals surface area contributed by atoms with Crippen molar-refractivity contribution in [3.8, 4) is 0 Å². The van der Waals surface area contributed by atoms with E-state index in [2.05, 4.69) is 5.32 Å². The van der Waals surface area contributed by atoms with Gasteiger partial charge in [-0.1, -0.05) is 0 Å². The zero-order chi connectivity index (χ0) is 14.9. The molecule has 0 aliphatic carbocycles. The fourth-order valence-electron chi connectivity index (χ4n) is 0.961. The Morgan fingerprint density at radius 1 is 1.00 bits per heavy atom. The SMILES string of the molecule is O=S(=O)(O)c1cc(I)cc(I)c1.OCCNCCO. The van der Waals surface area contributed by atoms with E-state index in [-0.39, 0.29) is 18.1 Å². The van der Waals surface area contributed by atoms with Gasteiger partial charge in [0.05, 0.1) is 18.1 Å². The van der Waals surface area contributed by atoms with Crippen molar-refractivity contribution in [2.45, 2.75) is 4.90 Å². The zero-order valence-electron chi connectivity index (χ0n) is 9.88. The molecule has 0 fully saturated rings. The van der Waals surface area contributed by atoms with Crippen molar-refractivity contribution in [3.63, 3.8) is 0 Å². The van der Waals surface area contributed by atoms with Crippen LogP contribution in [0.5, 0.6) is 0 Å². The maximum atomic E-state index is 10.7. The molecule has 1 rings (SSSR count). The fraction of sp³-hybridized carbons (Fsp3) is 0.400. The smallest absolute Gasteiger partial charge is 0.294 e. The Morgan fingerprint density at radius 2 is 1.42 bits per heavy atom. The summed E-state index contributed by atoms with van der Waals surface area (Å²) in [7, 11) is -4.06. The average molecular weight is 515 g/mol. The average Bonchev–Trinajstić information content (AvgIpc) is 2.28. The lowest BCUT2D eigenvalue weighted by Gasteiger charge is -1.98. The molecular formula is C10H15I2NO5S. The molecule has 0 unspecified atom stereocenters. The van der Waals surface area contributed by atoms with Gasteiger partial charge in [-0.25, -0.2) is 0 Å². The van der Waals surface area contributed by atoms with E-state index in [9.17, 15) is 8.42 Å². The lowest BCUT2D eigenvalue weighted by atomic mass is 10.4. The van der Waals surface area contributed by atoms with Gasteiger partial charge in [0, 0.05) is 20.2 Å². The van der Waals surface area contributed by atoms with Crippen LogP contribution < -0.4 is 5.32 Å². The normalized spacial score (nSPS) is 10.8. The maximum absolute atomic E-state index is 10.7. The molecule has 0 saturated heterocycles. The second-order valence-electron chi connectivity index (χ2n) is 3.28. The van der Waals surface area contributed by atoms with Crippen molar-refractivity contribution in [3.05, 3.63) is 25.3 Å². The van der Waals surface area contributed by atoms with Crippen molar-refractivity contribution in [2.75, 3.05) is 26.3 Å². The van der Waals surface area contributed by atoms with Crippen molar-refractivity contribution < 1.29 is 23.2 Å². The Bertz CT molecular complexity index is 457. The Kier molecular flexibility index (Phi) is 10.5. The minimum atomic E-state index is -4.06. The monoisotopic (exact) mass is 515 g/mol. The summed E-state index contributed by atoms with van der Waals surface area (Å²) >= 11 is 3.98. The topological polar surface area (TPSA) is 107 Å². The molecule has 110 valence electrons. The van der Waals surface area contributed by atoms with Gasteiger partial charge in [0.15, 0.2) is 0 Å². The van der Waals surface area contributed by atoms with E-state index in [0.29, 0.717) is 13.1 Å². The second-order valence-corrected chi connectivity index (χ2v) is 7.19. The summed E-state index contributed by atoms with van der Waals surface area (Å²) in [6.45, 7) is 1.42. The second kappa shape index (κ2) is 10.2. The lowest BCUT2D eigenvalue weighted by Crippen LogP contribution is -2.21. The summed E-state index contributed by atoms with van der Waals surface area (Å²) in [4.78, 5) is -0.0567. The van der Waals surface area contributed by atoms with Gasteiger partial charge >= 0.3 is 0 Å². The Balaban J connectivity index is 0.000000399. The van der Waals surface area contributed by atoms with Crippen LogP contribution in [0.3, 0.4) is 0 Å². The van der Waals surface area contributed by atoms with E-state index in [1.807, 2.05) is 51.2 Å². The van der Waals surface area contributed by atoms with Crippen LogP contribution in [0, 0.1) is 7.14 Å². The van der Waals surface area contributed by atoms with Crippen LogP contribution >= 0.6 is 45.2 Å². The quantitative estimate of drug-likeness (QED) is 0.262. The van der Waals surface area contributed by atoms with Crippen LogP contribution in [-0.4, -0.2) is 49.5 Å². The van der Waals surface area contributed by atoms with Gasteiger partial charge in [-0.15, -0.1) is 0 Å². The number of benzene rings is 1. The number of aliphatic hydroxyl groups is 2. The number of nitrogens with one attached hydrogen (secondary N) is 1. The molecule has 0 spiro atoms. The highest BCUT2D eigenvalue weighted by Gasteiger charge is 2.10. The third-order valence-corrected chi connectivity index (χ3v) is 3.79. The standard InChI is InChI=1S/C6H4I2O3S.C4H11NO2/c7-4-1-5(8)3-6(2-4)12(9,10)11;6-3-1-5-2-4-7/h1-3H,(H,9,10,11);5-7H,1-4H2. The first-order chi connectivity index (χ1) is 8.81. The molecule has 0 saturated carbocycles. The van der Waals surface area contributed by atoms with E-state index < -0.39 is 10.1 Å². The van der Waals surface area contributed by atoms with Crippen molar-refractivity contribution >= 4 is 55.3 Å². The van der Waals surface area contributed by atoms with Crippen LogP contribution in [0.15, 0.2) is 23.1 Å². The Morgan fingerprint density at radius 3 is 1.74 bits per heavy atom. The van der Waals surface area contributed by atoms with Crippen LogP contribution in [0.4, 0.5) is 0 Å². The van der Waals surface area contributed by atoms with E-state index >= 15 is 0 Å². The fourth-order valence-corrected chi connectivity index (χ4v) is 3.87. The van der Waals surface area contributed by atoms with Gasteiger partial charge in [-0.3, -0.25) is 4.55 Å². The molecule has 0 aliphatic heterocycles. The summed E-state index contributed by atoms with van der Waals surface area (Å²) in [6, 6.07) is 4.64. The highest BCUT2D eigenvalue weighted by Crippen LogP contribution is 2.17. The molecule has 6 nitrogen and oxygen atoms in total. The number of halogens is 2. The summed E-state index contributed by atoms with van der Waals surface area (Å²) in [5.74, 6) is 0. The van der Waals surface area contributed by atoms with E-state index in [0.717, 1.165) is 7.14 Å². The lowest BCUT2D eigenvalue weighted by molar-refractivity contribution is 0.266. The zero-order valence-corrected chi connectivity index (χ0v) is 15.0. The van der Waals surface area contributed by atoms with Gasteiger partial charge in [0.2, 0.25) is 0 Å². The van der Waals surface area contributed by atoms with E-state index in [1.54, 1.807) is 0 Å². The first-order valence-corrected chi connectivity index (χ1v) is 8.77. The predicted molar refractivity (Wildman–Crippen MR) is 88.7 cm³/mol. The molecule has 19 heavy (non-hydrogen) atoms. The van der Waals surface area contributed by atoms with Gasteiger partial charge < -0.3 is 15.5 Å². The molecule has 0 amide bonds. The van der Waals surface area contributed by atoms with Crippen molar-refractivity contribution in [1.82, 2.24) is 5.32 Å². The first-order valence-electron chi connectivity index (χ1n) is 5.17. The van der Waals surface area contributed by atoms with Gasteiger partial charge in [-0.2, -0.15) is 8.42 Å². The molecule has 1 aromatic rings. The molecule has 0 aliphatic rings. The first kappa shape index (κ1) is 19.5. The molecule has 4 N–H and O–H groups in total. The van der Waals surface area contributed by atoms with Gasteiger partial charge in [-0.05, 0) is 63.4 Å². The van der Waals surface area contributed by atoms with Gasteiger partial charge in [0.1, 0.15) is 0 Å². The summed E-state index contributed by atoms with van der Waals surface area (Å²) in [6.07, 6.45) is 0. The molecule has 0 atom stereocenters. The number of rotatable bonds is 5. The number of hydrogen-bond donors (Lipinski definition) is 4. The van der Waals surface area contributed by atoms with E-state index in [4.69, 9.17) is 14.8 Å². The number of aliphatic hydroxyl groups excluding tert-OH is 2. The van der Waals surface area contributed by atoms with Crippen LogP contribution in [0.1, 0.15) is 0 Å². The van der Waals surface area contributed by atoms with Crippen LogP contribution in [-0.2, 0) is 10.1 Å². The van der Waals surface area contributed by atoms with Crippen molar-refractivity contribution in [1.29, 1.82) is 0 Å². The van der Waals surface area contributed by atoms with E-state index in [1.165, 1.54) is 12.1 Å². The summed E-state index contributed by atoms with van der Waals surface area (Å²) < 4.78 is 31.6. The summed E-state index contributed by atoms with van der Waals surface area (Å²) in [5.41, 5.74) is 0. The van der Waals surface area contributed by atoms with Crippen LogP contribution in [0.2, 0.25) is 0 Å². The molecule has 9 heteroatoms. The predicted octanol–water partition coefficient (Wildman–Crippen LogP) is 0.703. The Hall–Kier alpha value is 0.470. The molecule has 0 heterocycles. The van der Waals surface area contributed by atoms with Gasteiger partial charge in [0.25, 0.3) is 10.1 Å². The minimum Gasteiger partial charge on any atom is -0.395 e. The Labute approximate surface area is 139 Å². The summed E-state index contributed by atoms with van der Waals surface area (Å²) in [5, 5.41) is 19.1. The van der Waals surface area contributed by atoms with Crippen molar-refractivity contribution in [2.24, 2.45) is 0 Å². The molecule has 0 bridgehead atoms. The third-order valence-electron chi connectivity index (χ3n) is 1.71. The molecular weight excluding hydrogens is 500 g/mol. The highest BCUT2D eigenvalue weighted by atomic mass is 127. The molecule has 0 aromatic heterocycles. The van der Waals surface area contributed by atoms with Crippen LogP contribution in [0.25, 0.3) is 0 Å². The molecule has 0 radical (unpaired) electrons. The maximum Gasteiger partial charge on any atom is 0.294 e. The molecule has 1 aromatic carbocycles.